The largest absolute Gasteiger partial charge is 0.369 e. The first-order valence-corrected chi connectivity index (χ1v) is 5.97. The van der Waals surface area contributed by atoms with Crippen LogP contribution in [0.3, 0.4) is 0 Å². The Morgan fingerprint density at radius 3 is 2.12 bits per heavy atom. The van der Waals surface area contributed by atoms with Gasteiger partial charge in [0.05, 0.1) is 12.6 Å². The smallest absolute Gasteiger partial charge is 0.239 e. The van der Waals surface area contributed by atoms with Crippen LogP contribution in [-0.4, -0.2) is 60.4 Å². The lowest BCUT2D eigenvalue weighted by atomic mass is 10.0. The fourth-order valence-corrected chi connectivity index (χ4v) is 1.84. The molecule has 6 nitrogen and oxygen atoms in total. The molecule has 4 N–H and O–H groups in total. The van der Waals surface area contributed by atoms with Gasteiger partial charge in [-0.05, 0) is 5.92 Å². The molecule has 0 aromatic heterocycles. The first-order chi connectivity index (χ1) is 7.91. The fraction of sp³-hybridized carbons (Fsp3) is 0.818. The van der Waals surface area contributed by atoms with E-state index in [1.807, 2.05) is 18.7 Å². The van der Waals surface area contributed by atoms with Crippen molar-refractivity contribution in [2.24, 2.45) is 17.4 Å². The van der Waals surface area contributed by atoms with E-state index in [4.69, 9.17) is 11.5 Å². The second-order valence-electron chi connectivity index (χ2n) is 4.84. The Hall–Kier alpha value is -1.14. The maximum absolute atomic E-state index is 12.0. The van der Waals surface area contributed by atoms with Gasteiger partial charge in [-0.1, -0.05) is 13.8 Å². The molecule has 1 atom stereocenters. The fourth-order valence-electron chi connectivity index (χ4n) is 1.84. The molecule has 0 aromatic rings. The van der Waals surface area contributed by atoms with E-state index in [-0.39, 0.29) is 24.3 Å². The van der Waals surface area contributed by atoms with E-state index in [1.54, 1.807) is 4.90 Å². The van der Waals surface area contributed by atoms with Gasteiger partial charge < -0.3 is 16.4 Å². The number of amides is 2. The molecule has 98 valence electrons. The summed E-state index contributed by atoms with van der Waals surface area (Å²) >= 11 is 0. The Morgan fingerprint density at radius 2 is 1.71 bits per heavy atom. The van der Waals surface area contributed by atoms with Crippen LogP contribution in [-0.2, 0) is 9.59 Å². The highest BCUT2D eigenvalue weighted by Gasteiger charge is 2.26. The summed E-state index contributed by atoms with van der Waals surface area (Å²) in [4.78, 5) is 26.4. The Morgan fingerprint density at radius 1 is 1.18 bits per heavy atom. The third-order valence-corrected chi connectivity index (χ3v) is 3.07. The van der Waals surface area contributed by atoms with Crippen molar-refractivity contribution in [1.29, 1.82) is 0 Å². The van der Waals surface area contributed by atoms with E-state index < -0.39 is 6.04 Å². The van der Waals surface area contributed by atoms with Gasteiger partial charge in [0.1, 0.15) is 0 Å². The number of primary amides is 1. The quantitative estimate of drug-likeness (QED) is 0.634. The molecule has 1 fully saturated rings. The zero-order chi connectivity index (χ0) is 13.0. The SMILES string of the molecule is CC(C)[C@@H](N)C(=O)N1CCN(CC(N)=O)CC1. The predicted octanol–water partition coefficient (Wildman–Crippen LogP) is -1.40. The average molecular weight is 242 g/mol. The molecule has 1 saturated heterocycles. The molecule has 0 spiro atoms. The van der Waals surface area contributed by atoms with E-state index in [0.717, 1.165) is 0 Å². The number of nitrogens with two attached hydrogens (primary N) is 2. The summed E-state index contributed by atoms with van der Waals surface area (Å²) in [6, 6.07) is -0.433. The minimum Gasteiger partial charge on any atom is -0.369 e. The number of hydrogen-bond donors (Lipinski definition) is 2. The maximum atomic E-state index is 12.0. The summed E-state index contributed by atoms with van der Waals surface area (Å²) in [6.45, 7) is 6.73. The molecule has 1 rings (SSSR count). The first kappa shape index (κ1) is 13.9. The van der Waals surface area contributed by atoms with E-state index in [1.165, 1.54) is 0 Å². The van der Waals surface area contributed by atoms with Crippen molar-refractivity contribution in [3.05, 3.63) is 0 Å². The first-order valence-electron chi connectivity index (χ1n) is 5.97. The van der Waals surface area contributed by atoms with Crippen LogP contribution >= 0.6 is 0 Å². The maximum Gasteiger partial charge on any atom is 0.239 e. The van der Waals surface area contributed by atoms with Crippen molar-refractivity contribution >= 4 is 11.8 Å². The summed E-state index contributed by atoms with van der Waals surface area (Å²) in [7, 11) is 0. The van der Waals surface area contributed by atoms with E-state index in [9.17, 15) is 9.59 Å². The average Bonchev–Trinajstić information content (AvgIpc) is 2.27. The number of hydrogen-bond acceptors (Lipinski definition) is 4. The summed E-state index contributed by atoms with van der Waals surface area (Å²) in [5.74, 6) is -0.187. The Kier molecular flexibility index (Phi) is 4.89. The molecular formula is C11H22N4O2. The van der Waals surface area contributed by atoms with E-state index >= 15 is 0 Å². The third-order valence-electron chi connectivity index (χ3n) is 3.07. The van der Waals surface area contributed by atoms with Crippen molar-refractivity contribution in [2.75, 3.05) is 32.7 Å². The number of rotatable bonds is 4. The highest BCUT2D eigenvalue weighted by atomic mass is 16.2. The van der Waals surface area contributed by atoms with Gasteiger partial charge in [-0.2, -0.15) is 0 Å². The van der Waals surface area contributed by atoms with E-state index in [0.29, 0.717) is 26.2 Å². The van der Waals surface area contributed by atoms with E-state index in [2.05, 4.69) is 0 Å². The van der Waals surface area contributed by atoms with Crippen LogP contribution < -0.4 is 11.5 Å². The van der Waals surface area contributed by atoms with Gasteiger partial charge in [0.15, 0.2) is 0 Å². The number of nitrogens with zero attached hydrogens (tertiary/aromatic N) is 2. The molecular weight excluding hydrogens is 220 g/mol. The van der Waals surface area contributed by atoms with Gasteiger partial charge in [0, 0.05) is 26.2 Å². The van der Waals surface area contributed by atoms with Gasteiger partial charge in [-0.25, -0.2) is 0 Å². The molecule has 0 bridgehead atoms. The molecule has 0 aliphatic carbocycles. The summed E-state index contributed by atoms with van der Waals surface area (Å²) in [5, 5.41) is 0. The second-order valence-corrected chi connectivity index (χ2v) is 4.84. The summed E-state index contributed by atoms with van der Waals surface area (Å²) in [6.07, 6.45) is 0. The van der Waals surface area contributed by atoms with Crippen LogP contribution in [0.1, 0.15) is 13.8 Å². The van der Waals surface area contributed by atoms with Gasteiger partial charge in [0.2, 0.25) is 11.8 Å². The van der Waals surface area contributed by atoms with Gasteiger partial charge >= 0.3 is 0 Å². The number of piperazine rings is 1. The monoisotopic (exact) mass is 242 g/mol. The molecule has 1 aliphatic heterocycles. The minimum absolute atomic E-state index is 0.00118. The third kappa shape index (κ3) is 3.98. The van der Waals surface area contributed by atoms with Gasteiger partial charge in [0.25, 0.3) is 0 Å². The zero-order valence-corrected chi connectivity index (χ0v) is 10.6. The summed E-state index contributed by atoms with van der Waals surface area (Å²) in [5.41, 5.74) is 11.0. The highest BCUT2D eigenvalue weighted by Crippen LogP contribution is 2.07. The molecule has 17 heavy (non-hydrogen) atoms. The predicted molar refractivity (Wildman–Crippen MR) is 65.0 cm³/mol. The normalized spacial score (nSPS) is 19.4. The summed E-state index contributed by atoms with van der Waals surface area (Å²) < 4.78 is 0. The topological polar surface area (TPSA) is 92.7 Å². The minimum atomic E-state index is -0.433. The van der Waals surface area contributed by atoms with Crippen LogP contribution in [0.25, 0.3) is 0 Å². The van der Waals surface area contributed by atoms with Crippen molar-refractivity contribution in [3.8, 4) is 0 Å². The lowest BCUT2D eigenvalue weighted by Gasteiger charge is -2.35. The Balaban J connectivity index is 2.41. The van der Waals surface area contributed by atoms with Crippen molar-refractivity contribution in [3.63, 3.8) is 0 Å². The Bertz CT molecular complexity index is 285. The Labute approximate surface area is 102 Å². The lowest BCUT2D eigenvalue weighted by Crippen LogP contribution is -2.55. The molecule has 1 heterocycles. The molecule has 0 unspecified atom stereocenters. The molecule has 0 saturated carbocycles. The molecule has 0 aromatic carbocycles. The molecule has 6 heteroatoms. The van der Waals surface area contributed by atoms with Crippen molar-refractivity contribution in [1.82, 2.24) is 9.80 Å². The lowest BCUT2D eigenvalue weighted by molar-refractivity contribution is -0.135. The van der Waals surface area contributed by atoms with Crippen LogP contribution in [0, 0.1) is 5.92 Å². The van der Waals surface area contributed by atoms with Crippen LogP contribution in [0.15, 0.2) is 0 Å². The molecule has 0 radical (unpaired) electrons. The van der Waals surface area contributed by atoms with Gasteiger partial charge in [-0.3, -0.25) is 14.5 Å². The second kappa shape index (κ2) is 5.97. The van der Waals surface area contributed by atoms with Crippen LogP contribution in [0.4, 0.5) is 0 Å². The molecule has 2 amide bonds. The van der Waals surface area contributed by atoms with Gasteiger partial charge in [-0.15, -0.1) is 0 Å². The van der Waals surface area contributed by atoms with Crippen LogP contribution in [0.5, 0.6) is 0 Å². The number of carbonyl (C=O) groups is 2. The van der Waals surface area contributed by atoms with Crippen LogP contribution in [0.2, 0.25) is 0 Å². The number of carbonyl (C=O) groups excluding carboxylic acids is 2. The standard InChI is InChI=1S/C11H22N4O2/c1-8(2)10(13)11(17)15-5-3-14(4-6-15)7-9(12)16/h8,10H,3-7,13H2,1-2H3,(H2,12,16)/t10-/m1/s1. The molecule has 1 aliphatic rings. The van der Waals surface area contributed by atoms with Crippen molar-refractivity contribution < 1.29 is 9.59 Å². The zero-order valence-electron chi connectivity index (χ0n) is 10.6. The highest BCUT2D eigenvalue weighted by molar-refractivity contribution is 5.82. The van der Waals surface area contributed by atoms with Crippen molar-refractivity contribution in [2.45, 2.75) is 19.9 Å².